The number of aliphatic hydroxyl groups excluding tert-OH is 4. The zero-order valence-corrected chi connectivity index (χ0v) is 25.6. The predicted molar refractivity (Wildman–Crippen MR) is 164 cm³/mol. The van der Waals surface area contributed by atoms with E-state index in [-0.39, 0.29) is 29.6 Å². The Hall–Kier alpha value is -3.13. The maximum Gasteiger partial charge on any atom is 0.311 e. The Morgan fingerprint density at radius 2 is 1.55 bits per heavy atom. The highest BCUT2D eigenvalue weighted by molar-refractivity contribution is 6.39. The maximum atomic E-state index is 12.1. The first-order chi connectivity index (χ1) is 21.1. The number of nitrogens with zero attached hydrogens (tertiary/aromatic N) is 4. The molecule has 0 radical (unpaired) electrons. The summed E-state index contributed by atoms with van der Waals surface area (Å²) in [6.45, 7) is 1.31. The molecule has 0 aliphatic heterocycles. The highest BCUT2D eigenvalue weighted by Crippen LogP contribution is 2.33. The van der Waals surface area contributed by atoms with Crippen LogP contribution in [0.1, 0.15) is 103 Å². The second-order valence-corrected chi connectivity index (χ2v) is 11.1. The number of carbonyl (C=O) groups is 2. The van der Waals surface area contributed by atoms with E-state index in [4.69, 9.17) is 21.1 Å². The third-order valence-corrected chi connectivity index (χ3v) is 7.53. The summed E-state index contributed by atoms with van der Waals surface area (Å²) in [5, 5.41) is 52.8. The monoisotopic (exact) mass is 623 g/mol. The lowest BCUT2D eigenvalue weighted by molar-refractivity contribution is -0.386. The lowest BCUT2D eigenvalue weighted by Crippen LogP contribution is -2.54. The van der Waals surface area contributed by atoms with E-state index in [1.807, 2.05) is 0 Å². The van der Waals surface area contributed by atoms with E-state index in [0.29, 0.717) is 6.42 Å². The van der Waals surface area contributed by atoms with Crippen molar-refractivity contribution < 1.29 is 39.7 Å². The number of nitro groups is 1. The number of benzene rings is 1. The number of unbranched alkanes of at least 4 members (excludes halogenated alkanes) is 10. The average Bonchev–Trinajstić information content (AvgIpc) is 3.02. The topological polar surface area (TPSA) is 242 Å². The Morgan fingerprint density at radius 1 is 0.977 bits per heavy atom. The Labute approximate surface area is 258 Å². The van der Waals surface area contributed by atoms with E-state index >= 15 is 0 Å². The third kappa shape index (κ3) is 14.6. The fraction of sp³-hybridized carbons (Fsp3) is 0.733. The number of ether oxygens (including phenoxy) is 1. The number of Topliss-reactive ketones (excluding diaryl/α,β-unsaturated/α-hetero) is 2. The SMILES string of the molecule is CCCCCCC(CCCCCCCCCCC(=O)C(=O)[C@H](N)[C@@H](O)[C@H](O)[C@H](O)CO)Oc1ccc(N=[N+]=[N-])cc1[N+](=O)[O-]. The summed E-state index contributed by atoms with van der Waals surface area (Å²) >= 11 is 0. The van der Waals surface area contributed by atoms with Gasteiger partial charge in [-0.25, -0.2) is 0 Å². The maximum absolute atomic E-state index is 12.1. The molecular weight excluding hydrogens is 574 g/mol. The van der Waals surface area contributed by atoms with Crippen LogP contribution in [-0.2, 0) is 9.59 Å². The van der Waals surface area contributed by atoms with Gasteiger partial charge < -0.3 is 30.9 Å². The highest BCUT2D eigenvalue weighted by atomic mass is 16.6. The molecule has 0 saturated heterocycles. The van der Waals surface area contributed by atoms with Gasteiger partial charge in [0.15, 0.2) is 11.5 Å². The van der Waals surface area contributed by atoms with Crippen molar-refractivity contribution in [3.8, 4) is 5.75 Å². The molecule has 1 rings (SSSR count). The quantitative estimate of drug-likeness (QED) is 0.0181. The van der Waals surface area contributed by atoms with Crippen LogP contribution in [-0.4, -0.2) is 74.0 Å². The molecule has 5 atom stereocenters. The van der Waals surface area contributed by atoms with Gasteiger partial charge in [0.1, 0.15) is 24.4 Å². The van der Waals surface area contributed by atoms with Gasteiger partial charge in [-0.05, 0) is 49.8 Å². The molecule has 0 heterocycles. The van der Waals surface area contributed by atoms with Crippen LogP contribution in [0.3, 0.4) is 0 Å². The minimum atomic E-state index is -1.87. The second-order valence-electron chi connectivity index (χ2n) is 11.1. The summed E-state index contributed by atoms with van der Waals surface area (Å²) in [6, 6.07) is 2.52. The van der Waals surface area contributed by atoms with Crippen LogP contribution in [0.25, 0.3) is 10.4 Å². The number of rotatable bonds is 26. The molecule has 1 aromatic carbocycles. The number of aliphatic hydroxyl groups is 4. The van der Waals surface area contributed by atoms with Crippen LogP contribution in [0.2, 0.25) is 0 Å². The molecule has 14 heteroatoms. The summed E-state index contributed by atoms with van der Waals surface area (Å²) < 4.78 is 6.10. The fourth-order valence-corrected chi connectivity index (χ4v) is 4.83. The fourth-order valence-electron chi connectivity index (χ4n) is 4.83. The molecule has 14 nitrogen and oxygen atoms in total. The lowest BCUT2D eigenvalue weighted by atomic mass is 9.95. The molecule has 0 spiro atoms. The van der Waals surface area contributed by atoms with E-state index in [1.54, 1.807) is 0 Å². The molecule has 44 heavy (non-hydrogen) atoms. The van der Waals surface area contributed by atoms with Gasteiger partial charge in [-0.3, -0.25) is 19.7 Å². The smallest absolute Gasteiger partial charge is 0.311 e. The molecule has 6 N–H and O–H groups in total. The van der Waals surface area contributed by atoms with Crippen LogP contribution in [0.5, 0.6) is 5.75 Å². The van der Waals surface area contributed by atoms with Crippen LogP contribution in [0, 0.1) is 10.1 Å². The van der Waals surface area contributed by atoms with Gasteiger partial charge in [0.25, 0.3) is 0 Å². The van der Waals surface area contributed by atoms with Crippen molar-refractivity contribution in [3.63, 3.8) is 0 Å². The second kappa shape index (κ2) is 22.4. The predicted octanol–water partition coefficient (Wildman–Crippen LogP) is 4.70. The number of azide groups is 1. The number of hydrogen-bond donors (Lipinski definition) is 5. The largest absolute Gasteiger partial charge is 0.484 e. The zero-order chi connectivity index (χ0) is 32.9. The molecule has 0 bridgehead atoms. The van der Waals surface area contributed by atoms with Crippen molar-refractivity contribution >= 4 is 22.9 Å². The van der Waals surface area contributed by atoms with E-state index < -0.39 is 47.5 Å². The lowest BCUT2D eigenvalue weighted by Gasteiger charge is -2.25. The Morgan fingerprint density at radius 3 is 2.09 bits per heavy atom. The Balaban J connectivity index is 2.39. The minimum Gasteiger partial charge on any atom is -0.484 e. The molecule has 0 aliphatic rings. The number of nitro benzene ring substituents is 1. The highest BCUT2D eigenvalue weighted by Gasteiger charge is 2.35. The van der Waals surface area contributed by atoms with Gasteiger partial charge in [0.2, 0.25) is 5.78 Å². The standard InChI is InChI=1S/C30H49N5O9/c1-2-3-4-11-14-22(44-26-18-17-21(33-34-32)19-23(26)35(42)43)15-12-9-7-5-6-8-10-13-16-24(37)28(39)27(31)30(41)29(40)25(38)20-36/h17-19,22,25,27,29-30,36,38,40-41H,2-16,20,31H2,1H3/t22?,25-,27+,29-,30-/m1/s1. The molecule has 0 aromatic heterocycles. The van der Waals surface area contributed by atoms with Gasteiger partial charge in [-0.2, -0.15) is 0 Å². The first-order valence-corrected chi connectivity index (χ1v) is 15.5. The van der Waals surface area contributed by atoms with Crippen LogP contribution in [0.15, 0.2) is 23.3 Å². The van der Waals surface area contributed by atoms with Crippen molar-refractivity contribution in [1.82, 2.24) is 0 Å². The minimum absolute atomic E-state index is 0.0238. The number of carbonyl (C=O) groups excluding carboxylic acids is 2. The molecule has 0 fully saturated rings. The summed E-state index contributed by atoms with van der Waals surface area (Å²) in [5.74, 6) is -1.59. The molecule has 0 aliphatic carbocycles. The van der Waals surface area contributed by atoms with Gasteiger partial charge in [-0.15, -0.1) is 0 Å². The van der Waals surface area contributed by atoms with Crippen LogP contribution >= 0.6 is 0 Å². The van der Waals surface area contributed by atoms with Gasteiger partial charge >= 0.3 is 5.69 Å². The van der Waals surface area contributed by atoms with E-state index in [9.17, 15) is 35.0 Å². The Bertz CT molecular complexity index is 1070. The van der Waals surface area contributed by atoms with Gasteiger partial charge in [-0.1, -0.05) is 69.8 Å². The normalized spacial score (nSPS) is 14.6. The molecule has 1 unspecified atom stereocenters. The van der Waals surface area contributed by atoms with Crippen molar-refractivity contribution in [3.05, 3.63) is 38.8 Å². The summed E-state index contributed by atoms with van der Waals surface area (Å²) in [6.07, 6.45) is 7.25. The van der Waals surface area contributed by atoms with E-state index in [2.05, 4.69) is 16.9 Å². The van der Waals surface area contributed by atoms with Gasteiger partial charge in [0.05, 0.1) is 17.6 Å². The number of ketones is 2. The van der Waals surface area contributed by atoms with Gasteiger partial charge in [0, 0.05) is 23.1 Å². The summed E-state index contributed by atoms with van der Waals surface area (Å²) in [4.78, 5) is 38.0. The molecule has 1 aromatic rings. The van der Waals surface area contributed by atoms with E-state index in [0.717, 1.165) is 83.5 Å². The van der Waals surface area contributed by atoms with Crippen molar-refractivity contribution in [2.75, 3.05) is 6.61 Å². The molecule has 0 amide bonds. The molecule has 0 saturated carbocycles. The first-order valence-electron chi connectivity index (χ1n) is 15.5. The van der Waals surface area contributed by atoms with Crippen LogP contribution < -0.4 is 10.5 Å². The van der Waals surface area contributed by atoms with Crippen LogP contribution in [0.4, 0.5) is 11.4 Å². The third-order valence-electron chi connectivity index (χ3n) is 7.53. The zero-order valence-electron chi connectivity index (χ0n) is 25.6. The van der Waals surface area contributed by atoms with Crippen molar-refractivity contribution in [1.29, 1.82) is 0 Å². The summed E-state index contributed by atoms with van der Waals surface area (Å²) in [7, 11) is 0. The first kappa shape index (κ1) is 38.9. The summed E-state index contributed by atoms with van der Waals surface area (Å²) in [5.41, 5.74) is 14.1. The Kier molecular flexibility index (Phi) is 19.8. The molecule has 248 valence electrons. The number of hydrogen-bond acceptors (Lipinski definition) is 11. The van der Waals surface area contributed by atoms with E-state index in [1.165, 1.54) is 18.2 Å². The molecular formula is C30H49N5O9. The van der Waals surface area contributed by atoms with Crippen molar-refractivity contribution in [2.24, 2.45) is 10.8 Å². The average molecular weight is 624 g/mol. The number of nitrogens with two attached hydrogens (primary N) is 1. The van der Waals surface area contributed by atoms with Crippen molar-refractivity contribution in [2.45, 2.75) is 134 Å².